The number of thiophene rings is 1. The molecule has 22 heavy (non-hydrogen) atoms. The zero-order chi connectivity index (χ0) is 14.9. The number of hydrogen-bond donors (Lipinski definition) is 1. The molecule has 0 amide bonds. The van der Waals surface area contributed by atoms with Crippen LogP contribution in [0, 0.1) is 0 Å². The summed E-state index contributed by atoms with van der Waals surface area (Å²) >= 11 is 1.43. The molecule has 3 aromatic heterocycles. The van der Waals surface area contributed by atoms with E-state index in [4.69, 9.17) is 0 Å². The largest absolute Gasteiger partial charge is 0.303 e. The van der Waals surface area contributed by atoms with E-state index in [2.05, 4.69) is 19.9 Å². The fraction of sp³-hybridized carbons (Fsp3) is 0. The second-order valence-electron chi connectivity index (χ2n) is 4.68. The fourth-order valence-electron chi connectivity index (χ4n) is 2.21. The first kappa shape index (κ1) is 12.8. The van der Waals surface area contributed by atoms with Crippen molar-refractivity contribution in [3.63, 3.8) is 0 Å². The molecule has 0 spiro atoms. The molecule has 0 saturated heterocycles. The summed E-state index contributed by atoms with van der Waals surface area (Å²) < 4.78 is 0.610. The van der Waals surface area contributed by atoms with Crippen LogP contribution in [-0.2, 0) is 0 Å². The Morgan fingerprint density at radius 3 is 2.55 bits per heavy atom. The smallest absolute Gasteiger partial charge is 0.269 e. The summed E-state index contributed by atoms with van der Waals surface area (Å²) in [5.41, 5.74) is 1.57. The van der Waals surface area contributed by atoms with Crippen molar-refractivity contribution in [3.05, 3.63) is 65.2 Å². The molecule has 0 aliphatic heterocycles. The molecule has 0 aliphatic rings. The third-order valence-electron chi connectivity index (χ3n) is 3.22. The highest BCUT2D eigenvalue weighted by molar-refractivity contribution is 7.22. The van der Waals surface area contributed by atoms with Crippen LogP contribution < -0.4 is 5.56 Å². The molecule has 3 heterocycles. The Kier molecular flexibility index (Phi) is 3.01. The normalized spacial score (nSPS) is 10.9. The van der Waals surface area contributed by atoms with E-state index in [1.807, 2.05) is 36.4 Å². The Bertz CT molecular complexity index is 993. The molecule has 4 aromatic rings. The van der Waals surface area contributed by atoms with Crippen molar-refractivity contribution in [1.29, 1.82) is 0 Å². The van der Waals surface area contributed by atoms with Crippen LogP contribution in [0.4, 0.5) is 0 Å². The monoisotopic (exact) mass is 306 g/mol. The second kappa shape index (κ2) is 5.16. The molecular weight excluding hydrogens is 296 g/mol. The quantitative estimate of drug-likeness (QED) is 0.617. The highest BCUT2D eigenvalue weighted by atomic mass is 32.1. The lowest BCUT2D eigenvalue weighted by Gasteiger charge is -1.97. The number of nitrogens with one attached hydrogen (secondary N) is 1. The number of fused-ring (bicyclic) bond motifs is 1. The first-order valence-electron chi connectivity index (χ1n) is 6.68. The minimum atomic E-state index is -0.167. The van der Waals surface area contributed by atoms with Gasteiger partial charge in [0.15, 0.2) is 11.6 Å². The number of rotatable bonds is 2. The standard InChI is InChI=1S/C16H10N4OS/c21-16-13-11(9-12(22-13)10-5-2-1-3-6-10)19-15(20-16)14-17-7-4-8-18-14/h1-9H,(H,19,20,21). The van der Waals surface area contributed by atoms with Crippen molar-refractivity contribution >= 4 is 21.6 Å². The molecule has 1 N–H and O–H groups in total. The number of H-pyrrole nitrogens is 1. The van der Waals surface area contributed by atoms with E-state index < -0.39 is 0 Å². The van der Waals surface area contributed by atoms with E-state index in [0.717, 1.165) is 10.4 Å². The SMILES string of the molecule is O=c1[nH]c(-c2ncccn2)nc2cc(-c3ccccc3)sc12. The average Bonchev–Trinajstić information content (AvgIpc) is 3.01. The van der Waals surface area contributed by atoms with Crippen LogP contribution in [0.15, 0.2) is 59.7 Å². The number of hydrogen-bond acceptors (Lipinski definition) is 5. The van der Waals surface area contributed by atoms with E-state index in [1.54, 1.807) is 18.5 Å². The first-order chi connectivity index (χ1) is 10.8. The van der Waals surface area contributed by atoms with Crippen molar-refractivity contribution in [2.75, 3.05) is 0 Å². The van der Waals surface area contributed by atoms with Gasteiger partial charge in [-0.05, 0) is 17.7 Å². The summed E-state index contributed by atoms with van der Waals surface area (Å²) in [6.07, 6.45) is 3.24. The van der Waals surface area contributed by atoms with Gasteiger partial charge < -0.3 is 4.98 Å². The highest BCUT2D eigenvalue weighted by Crippen LogP contribution is 2.30. The van der Waals surface area contributed by atoms with E-state index in [9.17, 15) is 4.79 Å². The van der Waals surface area contributed by atoms with Gasteiger partial charge in [-0.25, -0.2) is 15.0 Å². The van der Waals surface area contributed by atoms with Gasteiger partial charge in [-0.2, -0.15) is 0 Å². The predicted molar refractivity (Wildman–Crippen MR) is 86.7 cm³/mol. The molecule has 106 valence electrons. The molecule has 0 fully saturated rings. The lowest BCUT2D eigenvalue weighted by atomic mass is 10.2. The Labute approximate surface area is 129 Å². The van der Waals surface area contributed by atoms with Crippen molar-refractivity contribution in [2.24, 2.45) is 0 Å². The van der Waals surface area contributed by atoms with Gasteiger partial charge in [-0.3, -0.25) is 4.79 Å². The van der Waals surface area contributed by atoms with Crippen LogP contribution in [0.1, 0.15) is 0 Å². The fourth-order valence-corrected chi connectivity index (χ4v) is 3.21. The van der Waals surface area contributed by atoms with Crippen LogP contribution in [0.5, 0.6) is 0 Å². The average molecular weight is 306 g/mol. The number of benzene rings is 1. The van der Waals surface area contributed by atoms with Gasteiger partial charge in [-0.1, -0.05) is 30.3 Å². The molecule has 0 atom stereocenters. The van der Waals surface area contributed by atoms with Gasteiger partial charge in [0.2, 0.25) is 0 Å². The van der Waals surface area contributed by atoms with Gasteiger partial charge >= 0.3 is 0 Å². The second-order valence-corrected chi connectivity index (χ2v) is 5.73. The lowest BCUT2D eigenvalue weighted by molar-refractivity contribution is 1.08. The summed E-state index contributed by atoms with van der Waals surface area (Å²) in [4.78, 5) is 28.8. The first-order valence-corrected chi connectivity index (χ1v) is 7.49. The topological polar surface area (TPSA) is 71.5 Å². The van der Waals surface area contributed by atoms with Crippen LogP contribution in [0.25, 0.3) is 32.3 Å². The van der Waals surface area contributed by atoms with Gasteiger partial charge in [-0.15, -0.1) is 11.3 Å². The molecule has 0 bridgehead atoms. The molecule has 0 aliphatic carbocycles. The Morgan fingerprint density at radius 2 is 1.77 bits per heavy atom. The molecule has 4 rings (SSSR count). The summed E-state index contributed by atoms with van der Waals surface area (Å²) in [6.45, 7) is 0. The maximum absolute atomic E-state index is 12.3. The number of nitrogens with zero attached hydrogens (tertiary/aromatic N) is 3. The maximum atomic E-state index is 12.3. The summed E-state index contributed by atoms with van der Waals surface area (Å²) in [6, 6.07) is 13.6. The van der Waals surface area contributed by atoms with Crippen LogP contribution in [-0.4, -0.2) is 19.9 Å². The Hall–Kier alpha value is -2.86. The molecule has 0 saturated carbocycles. The summed E-state index contributed by atoms with van der Waals surface area (Å²) in [7, 11) is 0. The summed E-state index contributed by atoms with van der Waals surface area (Å²) in [5, 5.41) is 0. The number of aromatic nitrogens is 4. The molecule has 0 radical (unpaired) electrons. The minimum Gasteiger partial charge on any atom is -0.303 e. The van der Waals surface area contributed by atoms with Crippen LogP contribution in [0.2, 0.25) is 0 Å². The van der Waals surface area contributed by atoms with Gasteiger partial charge in [0.25, 0.3) is 5.56 Å². The van der Waals surface area contributed by atoms with Crippen molar-refractivity contribution < 1.29 is 0 Å². The van der Waals surface area contributed by atoms with E-state index in [-0.39, 0.29) is 5.56 Å². The zero-order valence-electron chi connectivity index (χ0n) is 11.4. The van der Waals surface area contributed by atoms with Gasteiger partial charge in [0.05, 0.1) is 5.52 Å². The predicted octanol–water partition coefficient (Wildman–Crippen LogP) is 3.11. The summed E-state index contributed by atoms with van der Waals surface area (Å²) in [5.74, 6) is 0.796. The molecule has 6 heteroatoms. The van der Waals surface area contributed by atoms with Gasteiger partial charge in [0, 0.05) is 17.3 Å². The highest BCUT2D eigenvalue weighted by Gasteiger charge is 2.12. The van der Waals surface area contributed by atoms with Crippen molar-refractivity contribution in [1.82, 2.24) is 19.9 Å². The van der Waals surface area contributed by atoms with Gasteiger partial charge in [0.1, 0.15) is 4.70 Å². The third-order valence-corrected chi connectivity index (χ3v) is 4.39. The maximum Gasteiger partial charge on any atom is 0.269 e. The third kappa shape index (κ3) is 2.19. The number of aromatic amines is 1. The minimum absolute atomic E-state index is 0.167. The van der Waals surface area contributed by atoms with E-state index in [1.165, 1.54) is 11.3 Å². The van der Waals surface area contributed by atoms with Crippen LogP contribution in [0.3, 0.4) is 0 Å². The van der Waals surface area contributed by atoms with E-state index in [0.29, 0.717) is 21.9 Å². The Balaban J connectivity index is 1.91. The molecule has 1 aromatic carbocycles. The molecule has 5 nitrogen and oxygen atoms in total. The molecule has 0 unspecified atom stereocenters. The Morgan fingerprint density at radius 1 is 1.00 bits per heavy atom. The van der Waals surface area contributed by atoms with E-state index >= 15 is 0 Å². The van der Waals surface area contributed by atoms with Crippen LogP contribution >= 0.6 is 11.3 Å². The van der Waals surface area contributed by atoms with Crippen molar-refractivity contribution in [2.45, 2.75) is 0 Å². The zero-order valence-corrected chi connectivity index (χ0v) is 12.2. The van der Waals surface area contributed by atoms with Crippen molar-refractivity contribution in [3.8, 4) is 22.1 Å². The lowest BCUT2D eigenvalue weighted by Crippen LogP contribution is -2.08. The molecular formula is C16H10N4OS.